The van der Waals surface area contributed by atoms with Crippen molar-refractivity contribution in [1.29, 1.82) is 0 Å². The van der Waals surface area contributed by atoms with Gasteiger partial charge in [-0.2, -0.15) is 0 Å². The van der Waals surface area contributed by atoms with E-state index in [0.29, 0.717) is 16.1 Å². The van der Waals surface area contributed by atoms with Crippen molar-refractivity contribution in [1.82, 2.24) is 20.2 Å². The van der Waals surface area contributed by atoms with Gasteiger partial charge < -0.3 is 5.32 Å². The van der Waals surface area contributed by atoms with E-state index in [1.807, 2.05) is 38.1 Å². The smallest absolute Gasteiger partial charge is 0.321 e. The molecule has 0 aliphatic carbocycles. The molecule has 0 fully saturated rings. The van der Waals surface area contributed by atoms with Gasteiger partial charge in [0, 0.05) is 7.05 Å². The lowest BCUT2D eigenvalue weighted by Gasteiger charge is -2.15. The minimum atomic E-state index is -0.580. The summed E-state index contributed by atoms with van der Waals surface area (Å²) in [5.74, 6) is -0.525. The lowest BCUT2D eigenvalue weighted by molar-refractivity contribution is -0.117. The van der Waals surface area contributed by atoms with Gasteiger partial charge in [0.1, 0.15) is 0 Å². The van der Waals surface area contributed by atoms with Gasteiger partial charge in [0.25, 0.3) is 5.56 Å². The number of benzene rings is 2. The molecule has 0 saturated carbocycles. The number of hydrogen-bond donors (Lipinski definition) is 2. The van der Waals surface area contributed by atoms with E-state index in [4.69, 9.17) is 0 Å². The second-order valence-corrected chi connectivity index (χ2v) is 7.20. The Labute approximate surface area is 166 Å². The van der Waals surface area contributed by atoms with Gasteiger partial charge in [-0.1, -0.05) is 36.0 Å². The lowest BCUT2D eigenvalue weighted by atomic mass is 10.1. The molecule has 0 bridgehead atoms. The third-order valence-electron chi connectivity index (χ3n) is 4.16. The van der Waals surface area contributed by atoms with Crippen molar-refractivity contribution in [3.63, 3.8) is 0 Å². The first kappa shape index (κ1) is 19.6. The summed E-state index contributed by atoms with van der Waals surface area (Å²) < 4.78 is 1.53. The van der Waals surface area contributed by atoms with E-state index in [9.17, 15) is 14.4 Å². The highest BCUT2D eigenvalue weighted by Gasteiger charge is 2.16. The number of fused-ring (bicyclic) bond motifs is 1. The predicted octanol–water partition coefficient (Wildman–Crippen LogP) is 2.55. The van der Waals surface area contributed by atoms with Crippen LogP contribution in [0.5, 0.6) is 0 Å². The summed E-state index contributed by atoms with van der Waals surface area (Å²) in [6, 6.07) is 12.4. The molecular weight excluding hydrogens is 376 g/mol. The molecule has 3 aromatic rings. The molecule has 1 heterocycles. The summed E-state index contributed by atoms with van der Waals surface area (Å²) in [5, 5.41) is 5.43. The molecule has 3 rings (SSSR count). The number of carbonyl (C=O) groups is 2. The normalized spacial score (nSPS) is 10.7. The van der Waals surface area contributed by atoms with Gasteiger partial charge in [-0.3, -0.25) is 19.5 Å². The van der Waals surface area contributed by atoms with Crippen LogP contribution in [0.2, 0.25) is 0 Å². The Kier molecular flexibility index (Phi) is 5.79. The van der Waals surface area contributed by atoms with Gasteiger partial charge in [-0.05, 0) is 43.2 Å². The van der Waals surface area contributed by atoms with Crippen LogP contribution >= 0.6 is 11.8 Å². The summed E-state index contributed by atoms with van der Waals surface area (Å²) in [7, 11) is 1.43. The SMILES string of the molecule is CNC(=O)NC(=O)CSc1nc2ccccc2c(=O)n1-c1cc(C)ccc1C. The number of hydrogen-bond acceptors (Lipinski definition) is 5. The topological polar surface area (TPSA) is 93.1 Å². The Morgan fingerprint density at radius 3 is 2.64 bits per heavy atom. The molecule has 144 valence electrons. The zero-order chi connectivity index (χ0) is 20.3. The number of thioether (sulfide) groups is 1. The van der Waals surface area contributed by atoms with Crippen LogP contribution < -0.4 is 16.2 Å². The number of para-hydroxylation sites is 1. The van der Waals surface area contributed by atoms with Crippen LogP contribution in [-0.2, 0) is 4.79 Å². The minimum absolute atomic E-state index is 0.0525. The van der Waals surface area contributed by atoms with Crippen LogP contribution in [0.15, 0.2) is 52.4 Å². The first-order chi connectivity index (χ1) is 13.4. The Morgan fingerprint density at radius 2 is 1.89 bits per heavy atom. The van der Waals surface area contributed by atoms with Gasteiger partial charge >= 0.3 is 6.03 Å². The fourth-order valence-electron chi connectivity index (χ4n) is 2.74. The molecule has 0 spiro atoms. The number of carbonyl (C=O) groups excluding carboxylic acids is 2. The van der Waals surface area contributed by atoms with E-state index in [1.54, 1.807) is 18.2 Å². The third kappa shape index (κ3) is 4.07. The molecule has 3 amide bonds. The summed E-state index contributed by atoms with van der Waals surface area (Å²) >= 11 is 1.11. The van der Waals surface area contributed by atoms with Gasteiger partial charge in [-0.25, -0.2) is 9.78 Å². The molecule has 0 atom stereocenters. The Morgan fingerprint density at radius 1 is 1.14 bits per heavy atom. The number of nitrogens with zero attached hydrogens (tertiary/aromatic N) is 2. The summed E-state index contributed by atoms with van der Waals surface area (Å²) in [6.07, 6.45) is 0. The van der Waals surface area contributed by atoms with Crippen LogP contribution in [0.4, 0.5) is 4.79 Å². The van der Waals surface area contributed by atoms with Crippen molar-refractivity contribution >= 4 is 34.6 Å². The molecule has 1 aromatic heterocycles. The Hall–Kier alpha value is -3.13. The molecule has 0 unspecified atom stereocenters. The van der Waals surface area contributed by atoms with E-state index in [-0.39, 0.29) is 11.3 Å². The number of nitrogens with one attached hydrogen (secondary N) is 2. The van der Waals surface area contributed by atoms with Gasteiger partial charge in [0.05, 0.1) is 22.3 Å². The molecule has 2 N–H and O–H groups in total. The Bertz CT molecular complexity index is 1120. The van der Waals surface area contributed by atoms with E-state index in [1.165, 1.54) is 11.6 Å². The van der Waals surface area contributed by atoms with Crippen LogP contribution in [-0.4, -0.2) is 34.3 Å². The molecule has 0 radical (unpaired) electrons. The van der Waals surface area contributed by atoms with Crippen molar-refractivity contribution in [2.75, 3.05) is 12.8 Å². The molecule has 7 nitrogen and oxygen atoms in total. The molecular formula is C20H20N4O3S. The fourth-order valence-corrected chi connectivity index (χ4v) is 3.54. The number of amides is 3. The minimum Gasteiger partial charge on any atom is -0.341 e. The van der Waals surface area contributed by atoms with E-state index in [0.717, 1.165) is 28.6 Å². The first-order valence-electron chi connectivity index (χ1n) is 8.64. The third-order valence-corrected chi connectivity index (χ3v) is 5.10. The fraction of sp³-hybridized carbons (Fsp3) is 0.200. The number of aromatic nitrogens is 2. The standard InChI is InChI=1S/C20H20N4O3S/c1-12-8-9-13(2)16(10-12)24-18(26)14-6-4-5-7-15(14)22-20(24)28-11-17(25)23-19(27)21-3/h4-10H,11H2,1-3H3,(H2,21,23,25,27). The highest BCUT2D eigenvalue weighted by atomic mass is 32.2. The largest absolute Gasteiger partial charge is 0.341 e. The molecule has 2 aromatic carbocycles. The van der Waals surface area contributed by atoms with Crippen LogP contribution in [0.3, 0.4) is 0 Å². The molecule has 0 aliphatic heterocycles. The maximum Gasteiger partial charge on any atom is 0.321 e. The van der Waals surface area contributed by atoms with Crippen LogP contribution in [0.25, 0.3) is 16.6 Å². The second-order valence-electron chi connectivity index (χ2n) is 6.26. The van der Waals surface area contributed by atoms with Crippen molar-refractivity contribution < 1.29 is 9.59 Å². The lowest BCUT2D eigenvalue weighted by Crippen LogP contribution is -2.38. The van der Waals surface area contributed by atoms with Gasteiger partial charge in [0.2, 0.25) is 5.91 Å². The zero-order valence-corrected chi connectivity index (χ0v) is 16.6. The number of imide groups is 1. The number of aryl methyl sites for hydroxylation is 2. The van der Waals surface area contributed by atoms with Gasteiger partial charge in [0.15, 0.2) is 5.16 Å². The summed E-state index contributed by atoms with van der Waals surface area (Å²) in [4.78, 5) is 41.1. The first-order valence-corrected chi connectivity index (χ1v) is 9.63. The maximum atomic E-state index is 13.2. The van der Waals surface area contributed by atoms with E-state index >= 15 is 0 Å². The van der Waals surface area contributed by atoms with E-state index in [2.05, 4.69) is 15.6 Å². The highest BCUT2D eigenvalue weighted by molar-refractivity contribution is 7.99. The summed E-state index contributed by atoms with van der Waals surface area (Å²) in [6.45, 7) is 3.87. The quantitative estimate of drug-likeness (QED) is 0.522. The Balaban J connectivity index is 2.10. The van der Waals surface area contributed by atoms with E-state index < -0.39 is 11.9 Å². The predicted molar refractivity (Wildman–Crippen MR) is 110 cm³/mol. The molecule has 28 heavy (non-hydrogen) atoms. The van der Waals surface area contributed by atoms with Gasteiger partial charge in [-0.15, -0.1) is 0 Å². The zero-order valence-electron chi connectivity index (χ0n) is 15.8. The van der Waals surface area contributed by atoms with Crippen molar-refractivity contribution in [2.24, 2.45) is 0 Å². The monoisotopic (exact) mass is 396 g/mol. The van der Waals surface area contributed by atoms with Crippen molar-refractivity contribution in [3.05, 3.63) is 63.9 Å². The molecule has 0 aliphatic rings. The average Bonchev–Trinajstić information content (AvgIpc) is 2.68. The van der Waals surface area contributed by atoms with Crippen LogP contribution in [0, 0.1) is 13.8 Å². The number of urea groups is 1. The maximum absolute atomic E-state index is 13.2. The number of rotatable bonds is 4. The average molecular weight is 396 g/mol. The molecule has 8 heteroatoms. The highest BCUT2D eigenvalue weighted by Crippen LogP contribution is 2.23. The van der Waals surface area contributed by atoms with Crippen LogP contribution in [0.1, 0.15) is 11.1 Å². The second kappa shape index (κ2) is 8.26. The van der Waals surface area contributed by atoms with Crippen molar-refractivity contribution in [3.8, 4) is 5.69 Å². The summed E-state index contributed by atoms with van der Waals surface area (Å²) in [5.41, 5.74) is 3.00. The van der Waals surface area contributed by atoms with Crippen molar-refractivity contribution in [2.45, 2.75) is 19.0 Å². The molecule has 0 saturated heterocycles.